The number of hydrogen-bond acceptors (Lipinski definition) is 1. The summed E-state index contributed by atoms with van der Waals surface area (Å²) in [5, 5.41) is 0. The molecular weight excluding hydrogens is 276 g/mol. The molecule has 1 aromatic heterocycles. The molecule has 0 bridgehead atoms. The second-order valence-corrected chi connectivity index (χ2v) is 4.17. The van der Waals surface area contributed by atoms with E-state index in [0.717, 1.165) is 10.0 Å². The standard InChI is InChI=1S/C12H8BrF2N/c13-9-6-4-8(5-7-9)10-2-1-3-11(16-10)12(14)15/h1-7,12H. The Bertz CT molecular complexity index is 483. The Morgan fingerprint density at radius 1 is 1.00 bits per heavy atom. The Morgan fingerprint density at radius 2 is 1.69 bits per heavy atom. The summed E-state index contributed by atoms with van der Waals surface area (Å²) in [6, 6.07) is 12.0. The van der Waals surface area contributed by atoms with Gasteiger partial charge in [0.15, 0.2) is 0 Å². The van der Waals surface area contributed by atoms with E-state index in [1.165, 1.54) is 6.07 Å². The van der Waals surface area contributed by atoms with Gasteiger partial charge in [0, 0.05) is 10.0 Å². The first kappa shape index (κ1) is 11.2. The highest BCUT2D eigenvalue weighted by Gasteiger charge is 2.09. The van der Waals surface area contributed by atoms with Gasteiger partial charge in [0.1, 0.15) is 5.69 Å². The van der Waals surface area contributed by atoms with E-state index < -0.39 is 6.43 Å². The van der Waals surface area contributed by atoms with Crippen LogP contribution < -0.4 is 0 Å². The van der Waals surface area contributed by atoms with Crippen LogP contribution in [-0.2, 0) is 0 Å². The third-order valence-corrected chi connectivity index (χ3v) is 2.66. The lowest BCUT2D eigenvalue weighted by atomic mass is 10.1. The number of pyridine rings is 1. The first-order chi connectivity index (χ1) is 7.66. The lowest BCUT2D eigenvalue weighted by molar-refractivity contribution is 0.146. The van der Waals surface area contributed by atoms with Gasteiger partial charge in [-0.3, -0.25) is 0 Å². The molecule has 16 heavy (non-hydrogen) atoms. The highest BCUT2D eigenvalue weighted by Crippen LogP contribution is 2.23. The Labute approximate surface area is 100 Å². The summed E-state index contributed by atoms with van der Waals surface area (Å²) in [5.74, 6) is 0. The van der Waals surface area contributed by atoms with Gasteiger partial charge in [-0.15, -0.1) is 0 Å². The van der Waals surface area contributed by atoms with Crippen molar-refractivity contribution in [2.75, 3.05) is 0 Å². The summed E-state index contributed by atoms with van der Waals surface area (Å²) < 4.78 is 25.9. The molecule has 1 nitrogen and oxygen atoms in total. The van der Waals surface area contributed by atoms with Crippen molar-refractivity contribution in [3.05, 3.63) is 52.6 Å². The van der Waals surface area contributed by atoms with Crippen molar-refractivity contribution in [1.82, 2.24) is 4.98 Å². The average molecular weight is 284 g/mol. The quantitative estimate of drug-likeness (QED) is 0.794. The van der Waals surface area contributed by atoms with Crippen LogP contribution in [-0.4, -0.2) is 4.98 Å². The second-order valence-electron chi connectivity index (χ2n) is 3.26. The summed E-state index contributed by atoms with van der Waals surface area (Å²) in [6.45, 7) is 0. The van der Waals surface area contributed by atoms with Crippen molar-refractivity contribution < 1.29 is 8.78 Å². The highest BCUT2D eigenvalue weighted by atomic mass is 79.9. The van der Waals surface area contributed by atoms with Crippen molar-refractivity contribution in [1.29, 1.82) is 0 Å². The summed E-state index contributed by atoms with van der Waals surface area (Å²) in [4.78, 5) is 3.91. The topological polar surface area (TPSA) is 12.9 Å². The smallest absolute Gasteiger partial charge is 0.247 e. The van der Waals surface area contributed by atoms with Crippen molar-refractivity contribution in [3.8, 4) is 11.3 Å². The molecule has 0 spiro atoms. The molecule has 2 aromatic rings. The van der Waals surface area contributed by atoms with E-state index in [1.54, 1.807) is 12.1 Å². The van der Waals surface area contributed by atoms with Crippen LogP contribution >= 0.6 is 15.9 Å². The Morgan fingerprint density at radius 3 is 2.31 bits per heavy atom. The van der Waals surface area contributed by atoms with Crippen LogP contribution in [0.2, 0.25) is 0 Å². The molecule has 82 valence electrons. The van der Waals surface area contributed by atoms with Gasteiger partial charge < -0.3 is 0 Å². The minimum Gasteiger partial charge on any atom is -0.247 e. The molecule has 0 N–H and O–H groups in total. The van der Waals surface area contributed by atoms with Gasteiger partial charge in [0.25, 0.3) is 6.43 Å². The van der Waals surface area contributed by atoms with E-state index in [2.05, 4.69) is 20.9 Å². The number of hydrogen-bond donors (Lipinski definition) is 0. The summed E-state index contributed by atoms with van der Waals surface area (Å²) in [7, 11) is 0. The third kappa shape index (κ3) is 2.44. The molecule has 0 atom stereocenters. The van der Waals surface area contributed by atoms with Crippen LogP contribution in [0, 0.1) is 0 Å². The zero-order valence-corrected chi connectivity index (χ0v) is 9.79. The SMILES string of the molecule is FC(F)c1cccc(-c2ccc(Br)cc2)n1. The van der Waals surface area contributed by atoms with Crippen molar-refractivity contribution in [2.45, 2.75) is 6.43 Å². The number of rotatable bonds is 2. The molecule has 1 aromatic carbocycles. The van der Waals surface area contributed by atoms with Crippen LogP contribution in [0.25, 0.3) is 11.3 Å². The normalized spacial score (nSPS) is 10.8. The monoisotopic (exact) mass is 283 g/mol. The number of nitrogens with zero attached hydrogens (tertiary/aromatic N) is 1. The van der Waals surface area contributed by atoms with E-state index in [0.29, 0.717) is 5.69 Å². The largest absolute Gasteiger partial charge is 0.280 e. The summed E-state index contributed by atoms with van der Waals surface area (Å²) in [6.07, 6.45) is -2.53. The molecule has 0 saturated heterocycles. The van der Waals surface area contributed by atoms with Crippen molar-refractivity contribution in [3.63, 3.8) is 0 Å². The molecule has 1 heterocycles. The lowest BCUT2D eigenvalue weighted by Gasteiger charge is -2.03. The lowest BCUT2D eigenvalue weighted by Crippen LogP contribution is -1.91. The van der Waals surface area contributed by atoms with Gasteiger partial charge in [0.2, 0.25) is 0 Å². The number of aromatic nitrogens is 1. The minimum atomic E-state index is -2.53. The Kier molecular flexibility index (Phi) is 3.29. The third-order valence-electron chi connectivity index (χ3n) is 2.13. The molecular formula is C12H8BrF2N. The average Bonchev–Trinajstić information content (AvgIpc) is 2.30. The molecule has 0 fully saturated rings. The van der Waals surface area contributed by atoms with Crippen LogP contribution in [0.3, 0.4) is 0 Å². The first-order valence-corrected chi connectivity index (χ1v) is 5.47. The zero-order valence-electron chi connectivity index (χ0n) is 8.20. The van der Waals surface area contributed by atoms with Crippen LogP contribution in [0.4, 0.5) is 8.78 Å². The summed E-state index contributed by atoms with van der Waals surface area (Å²) >= 11 is 3.32. The molecule has 0 amide bonds. The fourth-order valence-electron chi connectivity index (χ4n) is 1.35. The van der Waals surface area contributed by atoms with Crippen LogP contribution in [0.1, 0.15) is 12.1 Å². The van der Waals surface area contributed by atoms with Crippen LogP contribution in [0.5, 0.6) is 0 Å². The first-order valence-electron chi connectivity index (χ1n) is 4.68. The fourth-order valence-corrected chi connectivity index (χ4v) is 1.62. The number of halogens is 3. The summed E-state index contributed by atoms with van der Waals surface area (Å²) in [5.41, 5.74) is 1.19. The van der Waals surface area contributed by atoms with E-state index in [4.69, 9.17) is 0 Å². The van der Waals surface area contributed by atoms with Gasteiger partial charge in [-0.1, -0.05) is 34.1 Å². The maximum atomic E-state index is 12.5. The predicted octanol–water partition coefficient (Wildman–Crippen LogP) is 4.45. The number of alkyl halides is 2. The zero-order chi connectivity index (χ0) is 11.5. The van der Waals surface area contributed by atoms with E-state index in [-0.39, 0.29) is 5.69 Å². The van der Waals surface area contributed by atoms with Gasteiger partial charge in [-0.25, -0.2) is 13.8 Å². The molecule has 2 rings (SSSR count). The molecule has 0 saturated carbocycles. The highest BCUT2D eigenvalue weighted by molar-refractivity contribution is 9.10. The fraction of sp³-hybridized carbons (Fsp3) is 0.0833. The van der Waals surface area contributed by atoms with E-state index in [1.807, 2.05) is 24.3 Å². The minimum absolute atomic E-state index is 0.194. The number of benzene rings is 1. The molecule has 0 unspecified atom stereocenters. The Hall–Kier alpha value is -1.29. The van der Waals surface area contributed by atoms with Crippen molar-refractivity contribution in [2.24, 2.45) is 0 Å². The maximum absolute atomic E-state index is 12.5. The molecule has 0 aliphatic heterocycles. The molecule has 0 radical (unpaired) electrons. The van der Waals surface area contributed by atoms with Gasteiger partial charge in [0.05, 0.1) is 5.69 Å². The van der Waals surface area contributed by atoms with Gasteiger partial charge in [-0.05, 0) is 24.3 Å². The van der Waals surface area contributed by atoms with E-state index >= 15 is 0 Å². The van der Waals surface area contributed by atoms with Crippen LogP contribution in [0.15, 0.2) is 46.9 Å². The molecule has 4 heteroatoms. The van der Waals surface area contributed by atoms with Gasteiger partial charge >= 0.3 is 0 Å². The maximum Gasteiger partial charge on any atom is 0.280 e. The van der Waals surface area contributed by atoms with E-state index in [9.17, 15) is 8.78 Å². The Balaban J connectivity index is 2.40. The van der Waals surface area contributed by atoms with Crippen molar-refractivity contribution >= 4 is 15.9 Å². The molecule has 0 aliphatic rings. The second kappa shape index (κ2) is 4.70. The van der Waals surface area contributed by atoms with Gasteiger partial charge in [-0.2, -0.15) is 0 Å². The predicted molar refractivity (Wildman–Crippen MR) is 62.3 cm³/mol. The molecule has 0 aliphatic carbocycles.